The van der Waals surface area contributed by atoms with Crippen molar-refractivity contribution in [1.29, 1.82) is 0 Å². The van der Waals surface area contributed by atoms with E-state index in [9.17, 15) is 14.5 Å². The molecule has 0 unspecified atom stereocenters. The highest BCUT2D eigenvalue weighted by Gasteiger charge is 2.25. The number of nitro groups is 1. The summed E-state index contributed by atoms with van der Waals surface area (Å²) in [6, 6.07) is 17.4. The van der Waals surface area contributed by atoms with Crippen LogP contribution in [0.5, 0.6) is 11.5 Å². The van der Waals surface area contributed by atoms with E-state index in [4.69, 9.17) is 9.47 Å². The van der Waals surface area contributed by atoms with E-state index in [-0.39, 0.29) is 23.9 Å². The number of aromatic nitrogens is 3. The van der Waals surface area contributed by atoms with Crippen LogP contribution in [0.1, 0.15) is 33.3 Å². The van der Waals surface area contributed by atoms with Crippen LogP contribution in [0.25, 0.3) is 5.69 Å². The number of thioether (sulfide) groups is 1. The summed E-state index contributed by atoms with van der Waals surface area (Å²) < 4.78 is 26.7. The molecule has 0 aliphatic carbocycles. The first-order valence-corrected chi connectivity index (χ1v) is 12.5. The normalized spacial score (nSPS) is 11.8. The van der Waals surface area contributed by atoms with Crippen LogP contribution < -0.4 is 9.47 Å². The van der Waals surface area contributed by atoms with Gasteiger partial charge in [0.2, 0.25) is 6.54 Å². The highest BCUT2D eigenvalue weighted by atomic mass is 32.2. The number of hydrogen-bond donors (Lipinski definition) is 0. The summed E-state index contributed by atoms with van der Waals surface area (Å²) >= 11 is 1.27. The van der Waals surface area contributed by atoms with E-state index >= 15 is 0 Å². The monoisotopic (exact) mass is 522 g/mol. The van der Waals surface area contributed by atoms with Gasteiger partial charge < -0.3 is 9.47 Å². The molecule has 0 bridgehead atoms. The van der Waals surface area contributed by atoms with Gasteiger partial charge in [0, 0.05) is 10.6 Å². The first-order chi connectivity index (χ1) is 17.7. The van der Waals surface area contributed by atoms with E-state index in [0.717, 1.165) is 11.3 Å². The minimum absolute atomic E-state index is 0.152. The molecule has 0 saturated carbocycles. The van der Waals surface area contributed by atoms with Gasteiger partial charge in [0.15, 0.2) is 16.7 Å². The maximum atomic E-state index is 13.5. The number of aryl methyl sites for hydroxylation is 3. The molecule has 3 aromatic carbocycles. The molecule has 4 aromatic rings. The number of benzene rings is 3. The van der Waals surface area contributed by atoms with E-state index < -0.39 is 5.25 Å². The van der Waals surface area contributed by atoms with Crippen molar-refractivity contribution < 1.29 is 18.8 Å². The summed E-state index contributed by atoms with van der Waals surface area (Å²) in [6.45, 7) is 5.75. The van der Waals surface area contributed by atoms with Gasteiger partial charge in [-0.25, -0.2) is 4.39 Å². The van der Waals surface area contributed by atoms with E-state index in [1.165, 1.54) is 36.6 Å². The zero-order valence-corrected chi connectivity index (χ0v) is 21.8. The van der Waals surface area contributed by atoms with Gasteiger partial charge in [0.25, 0.3) is 0 Å². The van der Waals surface area contributed by atoms with Gasteiger partial charge in [-0.05, 0) is 79.4 Å². The smallest absolute Gasteiger partial charge is 0.220 e. The minimum atomic E-state index is -0.560. The maximum Gasteiger partial charge on any atom is 0.220 e. The Kier molecular flexibility index (Phi) is 8.08. The van der Waals surface area contributed by atoms with Gasteiger partial charge >= 0.3 is 0 Å². The van der Waals surface area contributed by atoms with Crippen LogP contribution in [0.3, 0.4) is 0 Å². The standard InChI is InChI=1S/C27H27FN4O4S/c1-17-8-10-23(12-18(17)2)32-19(3)29-30-27(32)37-26(15-31(33)34)21-9-11-24(25(14-21)35-4)36-16-20-6-5-7-22(28)13-20/h5-14,26H,15-16H2,1-4H3/t26-/m1/s1. The summed E-state index contributed by atoms with van der Waals surface area (Å²) in [4.78, 5) is 11.2. The van der Waals surface area contributed by atoms with Crippen molar-refractivity contribution in [2.45, 2.75) is 37.8 Å². The molecular weight excluding hydrogens is 495 g/mol. The molecule has 37 heavy (non-hydrogen) atoms. The Morgan fingerprint density at radius 1 is 1.03 bits per heavy atom. The van der Waals surface area contributed by atoms with Gasteiger partial charge in [-0.2, -0.15) is 0 Å². The molecule has 8 nitrogen and oxygen atoms in total. The zero-order valence-electron chi connectivity index (χ0n) is 21.0. The molecule has 1 atom stereocenters. The third kappa shape index (κ3) is 6.26. The average molecular weight is 523 g/mol. The largest absolute Gasteiger partial charge is 0.493 e. The number of ether oxygens (including phenoxy) is 2. The van der Waals surface area contributed by atoms with Crippen LogP contribution in [0.15, 0.2) is 65.8 Å². The lowest BCUT2D eigenvalue weighted by Crippen LogP contribution is -2.11. The Balaban J connectivity index is 1.62. The molecule has 0 saturated heterocycles. The highest BCUT2D eigenvalue weighted by Crippen LogP contribution is 2.39. The molecule has 0 amide bonds. The number of rotatable bonds is 10. The summed E-state index contributed by atoms with van der Waals surface area (Å²) in [6.07, 6.45) is 0. The maximum absolute atomic E-state index is 13.5. The van der Waals surface area contributed by atoms with Gasteiger partial charge in [-0.3, -0.25) is 14.7 Å². The van der Waals surface area contributed by atoms with Gasteiger partial charge in [0.1, 0.15) is 23.5 Å². The fraction of sp³-hybridized carbons (Fsp3) is 0.259. The fourth-order valence-corrected chi connectivity index (χ4v) is 5.01. The Hall–Kier alpha value is -3.92. The molecular formula is C27H27FN4O4S. The van der Waals surface area contributed by atoms with Crippen LogP contribution in [0, 0.1) is 36.7 Å². The van der Waals surface area contributed by atoms with Crippen LogP contribution in [-0.2, 0) is 6.61 Å². The lowest BCUT2D eigenvalue weighted by molar-refractivity contribution is -0.479. The van der Waals surface area contributed by atoms with Crippen molar-refractivity contribution in [1.82, 2.24) is 14.8 Å². The highest BCUT2D eigenvalue weighted by molar-refractivity contribution is 7.99. The average Bonchev–Trinajstić information content (AvgIpc) is 3.23. The molecule has 1 heterocycles. The predicted octanol–water partition coefficient (Wildman–Crippen LogP) is 6.03. The second-order valence-electron chi connectivity index (χ2n) is 8.58. The Morgan fingerprint density at radius 3 is 2.54 bits per heavy atom. The number of hydrogen-bond acceptors (Lipinski definition) is 7. The summed E-state index contributed by atoms with van der Waals surface area (Å²) in [5.74, 6) is 1.22. The van der Waals surface area contributed by atoms with E-state index in [1.54, 1.807) is 30.3 Å². The molecule has 10 heteroatoms. The summed E-state index contributed by atoms with van der Waals surface area (Å²) in [5, 5.41) is 20.1. The van der Waals surface area contributed by atoms with Crippen molar-refractivity contribution in [2.24, 2.45) is 0 Å². The minimum Gasteiger partial charge on any atom is -0.493 e. The second-order valence-corrected chi connectivity index (χ2v) is 9.75. The van der Waals surface area contributed by atoms with Gasteiger partial charge in [-0.1, -0.05) is 36.0 Å². The molecule has 0 fully saturated rings. The fourth-order valence-electron chi connectivity index (χ4n) is 3.85. The topological polar surface area (TPSA) is 92.3 Å². The summed E-state index contributed by atoms with van der Waals surface area (Å²) in [5.41, 5.74) is 4.55. The molecule has 0 radical (unpaired) electrons. The van der Waals surface area contributed by atoms with E-state index in [0.29, 0.717) is 33.6 Å². The third-order valence-corrected chi connectivity index (χ3v) is 7.13. The Bertz CT molecular complexity index is 1430. The first kappa shape index (κ1) is 26.2. The molecule has 192 valence electrons. The third-order valence-electron chi connectivity index (χ3n) is 5.95. The van der Waals surface area contributed by atoms with Crippen molar-refractivity contribution in [2.75, 3.05) is 13.7 Å². The first-order valence-electron chi connectivity index (χ1n) is 11.6. The van der Waals surface area contributed by atoms with Gasteiger partial charge in [0.05, 0.1) is 7.11 Å². The van der Waals surface area contributed by atoms with Crippen LogP contribution in [-0.4, -0.2) is 33.3 Å². The van der Waals surface area contributed by atoms with Crippen LogP contribution in [0.2, 0.25) is 0 Å². The molecule has 0 aliphatic rings. The second kappa shape index (κ2) is 11.4. The zero-order chi connectivity index (χ0) is 26.5. The number of nitrogens with zero attached hydrogens (tertiary/aromatic N) is 4. The number of halogens is 1. The molecule has 4 rings (SSSR count). The van der Waals surface area contributed by atoms with E-state index in [2.05, 4.69) is 10.2 Å². The SMILES string of the molecule is COc1cc([C@@H](C[N+](=O)[O-])Sc2nnc(C)n2-c2ccc(C)c(C)c2)ccc1OCc1cccc(F)c1. The van der Waals surface area contributed by atoms with Crippen molar-refractivity contribution >= 4 is 11.8 Å². The van der Waals surface area contributed by atoms with Crippen molar-refractivity contribution in [3.63, 3.8) is 0 Å². The van der Waals surface area contributed by atoms with E-state index in [1.807, 2.05) is 43.5 Å². The Labute approximate surface area is 218 Å². The Morgan fingerprint density at radius 2 is 1.84 bits per heavy atom. The molecule has 0 spiro atoms. The molecule has 0 N–H and O–H groups in total. The lowest BCUT2D eigenvalue weighted by Gasteiger charge is -2.17. The number of methoxy groups -OCH3 is 1. The molecule has 0 aliphatic heterocycles. The quantitative estimate of drug-likeness (QED) is 0.143. The molecule has 1 aromatic heterocycles. The summed E-state index contributed by atoms with van der Waals surface area (Å²) in [7, 11) is 1.50. The van der Waals surface area contributed by atoms with Crippen molar-refractivity contribution in [3.05, 3.63) is 105 Å². The van der Waals surface area contributed by atoms with Crippen LogP contribution >= 0.6 is 11.8 Å². The van der Waals surface area contributed by atoms with Gasteiger partial charge in [-0.15, -0.1) is 10.2 Å². The van der Waals surface area contributed by atoms with Crippen LogP contribution in [0.4, 0.5) is 4.39 Å². The predicted molar refractivity (Wildman–Crippen MR) is 140 cm³/mol. The lowest BCUT2D eigenvalue weighted by atomic mass is 10.1. The van der Waals surface area contributed by atoms with Crippen molar-refractivity contribution in [3.8, 4) is 17.2 Å².